The Balaban J connectivity index is 1.59. The maximum atomic E-state index is 13.6. The van der Waals surface area contributed by atoms with Gasteiger partial charge in [0.15, 0.2) is 11.5 Å². The molecule has 0 radical (unpaired) electrons. The third kappa shape index (κ3) is 3.72. The van der Waals surface area contributed by atoms with Crippen molar-refractivity contribution < 1.29 is 17.9 Å². The first-order chi connectivity index (χ1) is 16.3. The number of sulfone groups is 1. The number of benzene rings is 1. The molecule has 178 valence electrons. The fourth-order valence-electron chi connectivity index (χ4n) is 4.38. The summed E-state index contributed by atoms with van der Waals surface area (Å²) < 4.78 is 34.8. The molecule has 11 heteroatoms. The third-order valence-electron chi connectivity index (χ3n) is 6.21. The van der Waals surface area contributed by atoms with Crippen molar-refractivity contribution >= 4 is 48.8 Å². The van der Waals surface area contributed by atoms with Gasteiger partial charge in [-0.2, -0.15) is 4.52 Å². The van der Waals surface area contributed by atoms with Gasteiger partial charge in [0.05, 0.1) is 27.6 Å². The molecule has 0 saturated carbocycles. The number of anilines is 1. The van der Waals surface area contributed by atoms with Crippen LogP contribution < -0.4 is 4.90 Å². The van der Waals surface area contributed by atoms with Gasteiger partial charge in [0.1, 0.15) is 0 Å². The Hall–Kier alpha value is -3.05. The van der Waals surface area contributed by atoms with Crippen molar-refractivity contribution in [3.63, 3.8) is 0 Å². The van der Waals surface area contributed by atoms with Crippen molar-refractivity contribution in [3.05, 3.63) is 40.8 Å². The van der Waals surface area contributed by atoms with E-state index in [1.807, 2.05) is 31.4 Å². The van der Waals surface area contributed by atoms with Gasteiger partial charge in [0, 0.05) is 13.1 Å². The topological polar surface area (TPSA) is 107 Å². The number of rotatable bonds is 5. The monoisotopic (exact) mass is 499 g/mol. The molecule has 34 heavy (non-hydrogen) atoms. The van der Waals surface area contributed by atoms with E-state index in [2.05, 4.69) is 15.2 Å². The second-order valence-electron chi connectivity index (χ2n) is 8.49. The average Bonchev–Trinajstić information content (AvgIpc) is 3.47. The Morgan fingerprint density at radius 2 is 1.97 bits per heavy atom. The molecular formula is C23H25N5O4S2. The van der Waals surface area contributed by atoms with E-state index in [0.29, 0.717) is 43.9 Å². The minimum Gasteiger partial charge on any atom is -0.466 e. The average molecular weight is 500 g/mol. The second kappa shape index (κ2) is 8.62. The van der Waals surface area contributed by atoms with Crippen LogP contribution in [-0.4, -0.2) is 53.9 Å². The van der Waals surface area contributed by atoms with Crippen molar-refractivity contribution in [1.82, 2.24) is 19.8 Å². The minimum atomic E-state index is -3.93. The molecule has 1 saturated heterocycles. The molecule has 0 amide bonds. The van der Waals surface area contributed by atoms with E-state index in [1.165, 1.54) is 15.9 Å². The number of thiophene rings is 1. The normalized spacial score (nSPS) is 15.3. The largest absolute Gasteiger partial charge is 0.466 e. The quantitative estimate of drug-likeness (QED) is 0.384. The highest BCUT2D eigenvalue weighted by molar-refractivity contribution is 7.91. The zero-order chi connectivity index (χ0) is 24.0. The van der Waals surface area contributed by atoms with Crippen molar-refractivity contribution in [1.29, 1.82) is 0 Å². The van der Waals surface area contributed by atoms with E-state index < -0.39 is 9.84 Å². The molecule has 1 aliphatic heterocycles. The zero-order valence-electron chi connectivity index (χ0n) is 19.2. The van der Waals surface area contributed by atoms with E-state index in [9.17, 15) is 13.2 Å². The fourth-order valence-corrected chi connectivity index (χ4v) is 6.83. The number of hydrogen-bond donors (Lipinski definition) is 0. The lowest BCUT2D eigenvalue weighted by Gasteiger charge is -2.32. The minimum absolute atomic E-state index is 0.129. The smallest absolute Gasteiger partial charge is 0.309 e. The van der Waals surface area contributed by atoms with Crippen LogP contribution in [0.25, 0.3) is 15.9 Å². The molecule has 0 spiro atoms. The molecule has 4 aromatic rings. The van der Waals surface area contributed by atoms with Gasteiger partial charge in [0.25, 0.3) is 0 Å². The highest BCUT2D eigenvalue weighted by Crippen LogP contribution is 2.35. The third-order valence-corrected chi connectivity index (χ3v) is 8.90. The summed E-state index contributed by atoms with van der Waals surface area (Å²) >= 11 is 1.52. The number of piperidine rings is 1. The summed E-state index contributed by atoms with van der Waals surface area (Å²) in [5, 5.41) is 10.0. The van der Waals surface area contributed by atoms with Crippen LogP contribution in [0.2, 0.25) is 0 Å². The van der Waals surface area contributed by atoms with E-state index in [0.717, 1.165) is 15.8 Å². The maximum absolute atomic E-state index is 13.6. The predicted octanol–water partition coefficient (Wildman–Crippen LogP) is 3.57. The lowest BCUT2D eigenvalue weighted by Crippen LogP contribution is -2.37. The Labute approximate surface area is 201 Å². The van der Waals surface area contributed by atoms with Crippen molar-refractivity contribution in [3.8, 4) is 0 Å². The summed E-state index contributed by atoms with van der Waals surface area (Å²) in [6.07, 6.45) is 1.31. The van der Waals surface area contributed by atoms with Crippen LogP contribution in [0.15, 0.2) is 39.6 Å². The molecule has 0 unspecified atom stereocenters. The summed E-state index contributed by atoms with van der Waals surface area (Å²) in [5.41, 5.74) is 2.45. The molecule has 5 rings (SSSR count). The van der Waals surface area contributed by atoms with E-state index in [1.54, 1.807) is 19.1 Å². The second-order valence-corrected chi connectivity index (χ2v) is 11.2. The van der Waals surface area contributed by atoms with Gasteiger partial charge in [-0.3, -0.25) is 4.79 Å². The molecule has 1 aliphatic rings. The molecule has 0 bridgehead atoms. The molecule has 0 aliphatic carbocycles. The molecule has 3 aromatic heterocycles. The van der Waals surface area contributed by atoms with Crippen molar-refractivity contribution in [2.75, 3.05) is 24.6 Å². The number of aromatic nitrogens is 4. The number of carbonyl (C=O) groups is 1. The number of aryl methyl sites for hydroxylation is 2. The molecule has 0 N–H and O–H groups in total. The fraction of sp³-hybridized carbons (Fsp3) is 0.391. The van der Waals surface area contributed by atoms with Crippen LogP contribution in [-0.2, 0) is 19.4 Å². The van der Waals surface area contributed by atoms with Crippen LogP contribution in [0.5, 0.6) is 0 Å². The number of fused-ring (bicyclic) bond motifs is 3. The lowest BCUT2D eigenvalue weighted by molar-refractivity contribution is -0.148. The molecule has 1 fully saturated rings. The van der Waals surface area contributed by atoms with Gasteiger partial charge in [-0.25, -0.2) is 13.4 Å². The van der Waals surface area contributed by atoms with Crippen LogP contribution in [0, 0.1) is 19.8 Å². The maximum Gasteiger partial charge on any atom is 0.309 e. The van der Waals surface area contributed by atoms with Gasteiger partial charge in [0.2, 0.25) is 14.9 Å². The molecule has 4 heterocycles. The summed E-state index contributed by atoms with van der Waals surface area (Å²) in [5.74, 6) is 0.406. The zero-order valence-corrected chi connectivity index (χ0v) is 20.8. The Kier molecular flexibility index (Phi) is 5.76. The van der Waals surface area contributed by atoms with Gasteiger partial charge in [-0.1, -0.05) is 17.3 Å². The van der Waals surface area contributed by atoms with Crippen LogP contribution in [0.3, 0.4) is 0 Å². The Morgan fingerprint density at radius 3 is 2.71 bits per heavy atom. The van der Waals surface area contributed by atoms with Crippen molar-refractivity contribution in [2.45, 2.75) is 43.5 Å². The summed E-state index contributed by atoms with van der Waals surface area (Å²) in [6.45, 7) is 7.05. The number of nitrogens with zero attached hydrogens (tertiary/aromatic N) is 5. The summed E-state index contributed by atoms with van der Waals surface area (Å²) in [7, 11) is -3.93. The first kappa shape index (κ1) is 22.7. The molecule has 0 atom stereocenters. The van der Waals surface area contributed by atoms with Gasteiger partial charge in [-0.15, -0.1) is 16.4 Å². The molecular weight excluding hydrogens is 474 g/mol. The molecule has 1 aromatic carbocycles. The Morgan fingerprint density at radius 1 is 1.21 bits per heavy atom. The highest BCUT2D eigenvalue weighted by Gasteiger charge is 2.31. The van der Waals surface area contributed by atoms with Crippen LogP contribution in [0.1, 0.15) is 30.9 Å². The Bertz CT molecular complexity index is 1500. The number of ether oxygens (including phenoxy) is 1. The summed E-state index contributed by atoms with van der Waals surface area (Å²) in [4.78, 5) is 19.3. The van der Waals surface area contributed by atoms with Gasteiger partial charge >= 0.3 is 5.97 Å². The van der Waals surface area contributed by atoms with Gasteiger partial charge in [-0.05, 0) is 62.3 Å². The number of hydrogen-bond acceptors (Lipinski definition) is 9. The standard InChI is InChI=1S/C23H25N5O4S2/c1-4-32-23(29)16-7-10-27(11-8-16)20-19-17(9-12-33-19)28-21(24-20)22(25-26-28)34(30,31)18-13-14(2)5-6-15(18)3/h5-6,9,12-13,16H,4,7-8,10-11H2,1-3H3. The molecule has 9 nitrogen and oxygen atoms in total. The van der Waals surface area contributed by atoms with E-state index >= 15 is 0 Å². The number of carbonyl (C=O) groups excluding carboxylic acids is 1. The SMILES string of the molecule is CCOC(=O)C1CCN(c2nc3c(S(=O)(=O)c4cc(C)ccc4C)nnn3c3ccsc23)CC1. The lowest BCUT2D eigenvalue weighted by atomic mass is 9.97. The predicted molar refractivity (Wildman–Crippen MR) is 129 cm³/mol. The first-order valence-electron chi connectivity index (χ1n) is 11.2. The first-order valence-corrected chi connectivity index (χ1v) is 13.5. The van der Waals surface area contributed by atoms with Crippen LogP contribution in [0.4, 0.5) is 5.82 Å². The highest BCUT2D eigenvalue weighted by atomic mass is 32.2. The van der Waals surface area contributed by atoms with E-state index in [-0.39, 0.29) is 27.5 Å². The van der Waals surface area contributed by atoms with Crippen LogP contribution >= 0.6 is 11.3 Å². The van der Waals surface area contributed by atoms with Crippen molar-refractivity contribution in [2.24, 2.45) is 5.92 Å². The number of esters is 1. The summed E-state index contributed by atoms with van der Waals surface area (Å²) in [6, 6.07) is 7.22. The van der Waals surface area contributed by atoms with E-state index in [4.69, 9.17) is 9.72 Å². The van der Waals surface area contributed by atoms with Gasteiger partial charge < -0.3 is 9.64 Å².